The van der Waals surface area contributed by atoms with Crippen LogP contribution in [0.2, 0.25) is 0 Å². The fourth-order valence-corrected chi connectivity index (χ4v) is 2.54. The second-order valence-corrected chi connectivity index (χ2v) is 6.41. The molecule has 110 valence electrons. The number of carbonyl (C=O) groups excluding carboxylic acids is 1. The molecule has 0 heterocycles. The third-order valence-electron chi connectivity index (χ3n) is 2.45. The molecule has 0 aliphatic heterocycles. The van der Waals surface area contributed by atoms with Crippen molar-refractivity contribution in [2.24, 2.45) is 5.10 Å². The minimum absolute atomic E-state index is 0.123. The maximum atomic E-state index is 12.1. The molecule has 6 nitrogen and oxygen atoms in total. The van der Waals surface area contributed by atoms with Crippen molar-refractivity contribution < 1.29 is 13.2 Å². The number of carbonyl (C=O) groups is 1. The first kappa shape index (κ1) is 16.3. The largest absolute Gasteiger partial charge is 0.271 e. The van der Waals surface area contributed by atoms with Crippen molar-refractivity contribution in [2.75, 3.05) is 0 Å². The predicted octanol–water partition coefficient (Wildman–Crippen LogP) is 1.17. The van der Waals surface area contributed by atoms with Crippen molar-refractivity contribution in [1.29, 1.82) is 0 Å². The summed E-state index contributed by atoms with van der Waals surface area (Å²) in [7, 11) is -3.72. The van der Waals surface area contributed by atoms with E-state index in [2.05, 4.69) is 15.2 Å². The molecule has 0 saturated carbocycles. The number of benzene rings is 1. The van der Waals surface area contributed by atoms with Crippen LogP contribution in [-0.4, -0.2) is 26.1 Å². The summed E-state index contributed by atoms with van der Waals surface area (Å²) in [5.41, 5.74) is 3.92. The fourth-order valence-electron chi connectivity index (χ4n) is 1.34. The number of hydrogen-bond acceptors (Lipinski definition) is 4. The molecule has 1 atom stereocenters. The summed E-state index contributed by atoms with van der Waals surface area (Å²) >= 11 is 0. The van der Waals surface area contributed by atoms with Crippen molar-refractivity contribution in [3.8, 4) is 0 Å². The monoisotopic (exact) mass is 297 g/mol. The van der Waals surface area contributed by atoms with Crippen LogP contribution >= 0.6 is 0 Å². The Labute approximate surface area is 119 Å². The number of nitrogens with one attached hydrogen (secondary N) is 2. The molecular formula is C13H19N3O3S. The number of hydrazone groups is 1. The molecule has 0 aromatic heterocycles. The zero-order chi connectivity index (χ0) is 15.3. The van der Waals surface area contributed by atoms with E-state index < -0.39 is 22.0 Å². The first-order valence-electron chi connectivity index (χ1n) is 6.12. The minimum Gasteiger partial charge on any atom is -0.271 e. The number of hydrogen-bond donors (Lipinski definition) is 2. The summed E-state index contributed by atoms with van der Waals surface area (Å²) in [5, 5.41) is 3.74. The number of aryl methyl sites for hydroxylation is 1. The summed E-state index contributed by atoms with van der Waals surface area (Å²) in [6.45, 7) is 6.77. The average molecular weight is 297 g/mol. The lowest BCUT2D eigenvalue weighted by molar-refractivity contribution is -0.122. The Bertz CT molecular complexity index is 602. The van der Waals surface area contributed by atoms with Crippen LogP contribution in [0.5, 0.6) is 0 Å². The van der Waals surface area contributed by atoms with Crippen molar-refractivity contribution >= 4 is 21.6 Å². The SMILES string of the molecule is CC(C)=NNC(=O)[C@@H](C)NS(=O)(=O)c1ccc(C)cc1. The van der Waals surface area contributed by atoms with E-state index in [1.165, 1.54) is 19.1 Å². The van der Waals surface area contributed by atoms with Crippen LogP contribution in [0.4, 0.5) is 0 Å². The van der Waals surface area contributed by atoms with Crippen molar-refractivity contribution in [2.45, 2.75) is 38.6 Å². The van der Waals surface area contributed by atoms with E-state index in [-0.39, 0.29) is 4.90 Å². The molecule has 0 bridgehead atoms. The Morgan fingerprint density at radius 2 is 1.75 bits per heavy atom. The number of rotatable bonds is 5. The van der Waals surface area contributed by atoms with Crippen LogP contribution in [0.25, 0.3) is 0 Å². The van der Waals surface area contributed by atoms with E-state index in [4.69, 9.17) is 0 Å². The molecule has 0 saturated heterocycles. The standard InChI is InChI=1S/C13H19N3O3S/c1-9(2)14-15-13(17)11(4)16-20(18,19)12-7-5-10(3)6-8-12/h5-8,11,16H,1-4H3,(H,15,17)/t11-/m1/s1. The lowest BCUT2D eigenvalue weighted by Gasteiger charge is -2.13. The van der Waals surface area contributed by atoms with Crippen LogP contribution in [0.1, 0.15) is 26.3 Å². The Morgan fingerprint density at radius 1 is 1.20 bits per heavy atom. The summed E-state index contributed by atoms with van der Waals surface area (Å²) in [5.74, 6) is -0.512. The number of nitrogens with zero attached hydrogens (tertiary/aromatic N) is 1. The van der Waals surface area contributed by atoms with Gasteiger partial charge in [0.15, 0.2) is 0 Å². The van der Waals surface area contributed by atoms with Gasteiger partial charge in [-0.1, -0.05) is 17.7 Å². The van der Waals surface area contributed by atoms with Gasteiger partial charge < -0.3 is 0 Å². The molecular weight excluding hydrogens is 278 g/mol. The van der Waals surface area contributed by atoms with Crippen LogP contribution in [0, 0.1) is 6.92 Å². The molecule has 1 aromatic carbocycles. The fraction of sp³-hybridized carbons (Fsp3) is 0.385. The lowest BCUT2D eigenvalue weighted by Crippen LogP contribution is -2.43. The first-order valence-corrected chi connectivity index (χ1v) is 7.60. The second kappa shape index (κ2) is 6.62. The second-order valence-electron chi connectivity index (χ2n) is 4.69. The summed E-state index contributed by atoms with van der Waals surface area (Å²) in [6.07, 6.45) is 0. The predicted molar refractivity (Wildman–Crippen MR) is 77.9 cm³/mol. The van der Waals surface area contributed by atoms with Gasteiger partial charge in [0.1, 0.15) is 0 Å². The summed E-state index contributed by atoms with van der Waals surface area (Å²) < 4.78 is 26.4. The smallest absolute Gasteiger partial charge is 0.257 e. The summed E-state index contributed by atoms with van der Waals surface area (Å²) in [6, 6.07) is 5.48. The molecule has 0 unspecified atom stereocenters. The molecule has 1 rings (SSSR count). The van der Waals surface area contributed by atoms with E-state index in [0.717, 1.165) is 5.56 Å². The van der Waals surface area contributed by atoms with Crippen LogP contribution in [0.15, 0.2) is 34.3 Å². The zero-order valence-corrected chi connectivity index (χ0v) is 12.8. The van der Waals surface area contributed by atoms with Gasteiger partial charge in [-0.05, 0) is 39.8 Å². The maximum absolute atomic E-state index is 12.1. The van der Waals surface area contributed by atoms with Gasteiger partial charge in [0.2, 0.25) is 10.0 Å². The van der Waals surface area contributed by atoms with E-state index in [1.54, 1.807) is 26.0 Å². The van der Waals surface area contributed by atoms with E-state index in [0.29, 0.717) is 5.71 Å². The average Bonchev–Trinajstić information content (AvgIpc) is 2.35. The highest BCUT2D eigenvalue weighted by Crippen LogP contribution is 2.10. The first-order chi connectivity index (χ1) is 9.22. The molecule has 0 radical (unpaired) electrons. The van der Waals surface area contributed by atoms with Crippen molar-refractivity contribution in [1.82, 2.24) is 10.1 Å². The van der Waals surface area contributed by atoms with Gasteiger partial charge >= 0.3 is 0 Å². The third kappa shape index (κ3) is 4.75. The molecule has 7 heteroatoms. The zero-order valence-electron chi connectivity index (χ0n) is 12.0. The van der Waals surface area contributed by atoms with Crippen molar-refractivity contribution in [3.05, 3.63) is 29.8 Å². The van der Waals surface area contributed by atoms with Gasteiger partial charge in [0, 0.05) is 5.71 Å². The van der Waals surface area contributed by atoms with Gasteiger partial charge in [-0.3, -0.25) is 4.79 Å². The topological polar surface area (TPSA) is 87.6 Å². The van der Waals surface area contributed by atoms with Crippen molar-refractivity contribution in [3.63, 3.8) is 0 Å². The number of sulfonamides is 1. The van der Waals surface area contributed by atoms with Crippen LogP contribution in [-0.2, 0) is 14.8 Å². The summed E-state index contributed by atoms with van der Waals surface area (Å²) in [4.78, 5) is 11.8. The van der Waals surface area contributed by atoms with E-state index in [9.17, 15) is 13.2 Å². The van der Waals surface area contributed by atoms with Crippen LogP contribution in [0.3, 0.4) is 0 Å². The van der Waals surface area contributed by atoms with E-state index >= 15 is 0 Å². The molecule has 1 aromatic rings. The normalized spacial score (nSPS) is 12.6. The van der Waals surface area contributed by atoms with Crippen LogP contribution < -0.4 is 10.1 Å². The highest BCUT2D eigenvalue weighted by molar-refractivity contribution is 7.89. The maximum Gasteiger partial charge on any atom is 0.257 e. The molecule has 0 spiro atoms. The molecule has 0 aliphatic carbocycles. The van der Waals surface area contributed by atoms with Gasteiger partial charge in [-0.15, -0.1) is 0 Å². The molecule has 0 aliphatic rings. The molecule has 20 heavy (non-hydrogen) atoms. The van der Waals surface area contributed by atoms with Gasteiger partial charge in [-0.2, -0.15) is 9.82 Å². The molecule has 2 N–H and O–H groups in total. The highest BCUT2D eigenvalue weighted by Gasteiger charge is 2.21. The Hall–Kier alpha value is -1.73. The Kier molecular flexibility index (Phi) is 5.41. The van der Waals surface area contributed by atoms with Gasteiger partial charge in [-0.25, -0.2) is 13.8 Å². The minimum atomic E-state index is -3.72. The highest BCUT2D eigenvalue weighted by atomic mass is 32.2. The van der Waals surface area contributed by atoms with Gasteiger partial charge in [0.05, 0.1) is 10.9 Å². The van der Waals surface area contributed by atoms with Gasteiger partial charge in [0.25, 0.3) is 5.91 Å². The number of amides is 1. The lowest BCUT2D eigenvalue weighted by atomic mass is 10.2. The molecule has 1 amide bonds. The molecule has 0 fully saturated rings. The Balaban J connectivity index is 2.78. The third-order valence-corrected chi connectivity index (χ3v) is 4.00. The Morgan fingerprint density at radius 3 is 2.25 bits per heavy atom. The quantitative estimate of drug-likeness (QED) is 0.632. The van der Waals surface area contributed by atoms with E-state index in [1.807, 2.05) is 6.92 Å².